The van der Waals surface area contributed by atoms with Crippen LogP contribution < -0.4 is 0 Å². The quantitative estimate of drug-likeness (QED) is 0.753. The topological polar surface area (TPSA) is 52.3 Å². The number of allylic oxidation sites excluding steroid dienone is 1. The fourth-order valence-corrected chi connectivity index (χ4v) is 2.05. The van der Waals surface area contributed by atoms with Gasteiger partial charge in [-0.1, -0.05) is 12.2 Å². The molecule has 0 aliphatic heterocycles. The van der Waals surface area contributed by atoms with Gasteiger partial charge >= 0.3 is 12.1 Å². The molecule has 1 aromatic heterocycles. The van der Waals surface area contributed by atoms with Crippen molar-refractivity contribution >= 4 is 11.5 Å². The minimum absolute atomic E-state index is 0.0794. The molecule has 0 aliphatic carbocycles. The highest BCUT2D eigenvalue weighted by Crippen LogP contribution is 2.34. The lowest BCUT2D eigenvalue weighted by molar-refractivity contribution is -0.140. The van der Waals surface area contributed by atoms with Crippen molar-refractivity contribution in [1.82, 2.24) is 4.98 Å². The molecule has 0 N–H and O–H groups in total. The summed E-state index contributed by atoms with van der Waals surface area (Å²) in [6.07, 6.45) is -2.92. The van der Waals surface area contributed by atoms with Crippen LogP contribution in [0.1, 0.15) is 30.4 Å². The van der Waals surface area contributed by atoms with Crippen molar-refractivity contribution in [3.05, 3.63) is 48.1 Å². The number of hydrogen-bond donors (Lipinski definition) is 0. The molecule has 0 bridgehead atoms. The Morgan fingerprint density at radius 2 is 2.04 bits per heavy atom. The second kappa shape index (κ2) is 6.90. The van der Waals surface area contributed by atoms with Crippen LogP contribution in [0.2, 0.25) is 0 Å². The van der Waals surface area contributed by atoms with E-state index in [9.17, 15) is 18.0 Å². The molecule has 1 aromatic carbocycles. The molecule has 0 unspecified atom stereocenters. The van der Waals surface area contributed by atoms with Gasteiger partial charge in [-0.05, 0) is 30.7 Å². The number of ether oxygens (including phenoxy) is 1. The van der Waals surface area contributed by atoms with E-state index in [1.165, 1.54) is 13.4 Å². The molecule has 0 spiro atoms. The van der Waals surface area contributed by atoms with Crippen LogP contribution in [0, 0.1) is 0 Å². The lowest BCUT2D eigenvalue weighted by atomic mass is 10.00. The first-order valence-corrected chi connectivity index (χ1v) is 7.10. The number of oxazole rings is 1. The number of carbonyl (C=O) groups excluding carboxylic acids is 1. The zero-order valence-electron chi connectivity index (χ0n) is 13.2. The molecular formula is C17H16F3NO3. The van der Waals surface area contributed by atoms with Crippen molar-refractivity contribution < 1.29 is 27.1 Å². The van der Waals surface area contributed by atoms with Crippen LogP contribution in [0.15, 0.2) is 35.5 Å². The summed E-state index contributed by atoms with van der Waals surface area (Å²) in [5.74, 6) is -0.164. The number of halogens is 3. The van der Waals surface area contributed by atoms with Crippen molar-refractivity contribution in [2.75, 3.05) is 7.11 Å². The van der Waals surface area contributed by atoms with E-state index in [-0.39, 0.29) is 30.0 Å². The molecule has 0 fully saturated rings. The minimum Gasteiger partial charge on any atom is -0.469 e. The smallest absolute Gasteiger partial charge is 0.416 e. The van der Waals surface area contributed by atoms with Crippen LogP contribution in [0.25, 0.3) is 16.8 Å². The fraction of sp³-hybridized carbons (Fsp3) is 0.294. The average molecular weight is 339 g/mol. The zero-order valence-corrected chi connectivity index (χ0v) is 13.2. The fourth-order valence-electron chi connectivity index (χ4n) is 2.05. The lowest BCUT2D eigenvalue weighted by Gasteiger charge is -2.11. The van der Waals surface area contributed by atoms with Crippen molar-refractivity contribution in [3.8, 4) is 11.3 Å². The Bertz CT molecular complexity index is 763. The van der Waals surface area contributed by atoms with E-state index < -0.39 is 17.7 Å². The lowest BCUT2D eigenvalue weighted by Crippen LogP contribution is -2.06. The van der Waals surface area contributed by atoms with E-state index in [2.05, 4.69) is 16.3 Å². The van der Waals surface area contributed by atoms with Gasteiger partial charge in [0.25, 0.3) is 0 Å². The number of hydrogen-bond acceptors (Lipinski definition) is 4. The highest BCUT2D eigenvalue weighted by Gasteiger charge is 2.31. The molecule has 2 aromatic rings. The van der Waals surface area contributed by atoms with E-state index in [1.54, 1.807) is 13.0 Å². The maximum Gasteiger partial charge on any atom is 0.416 e. The van der Waals surface area contributed by atoms with E-state index in [4.69, 9.17) is 4.42 Å². The molecule has 0 radical (unpaired) electrons. The Labute approximate surface area is 137 Å². The third-order valence-electron chi connectivity index (χ3n) is 3.37. The van der Waals surface area contributed by atoms with Gasteiger partial charge in [-0.15, -0.1) is 0 Å². The zero-order chi connectivity index (χ0) is 17.9. The number of aryl methyl sites for hydroxylation is 1. The van der Waals surface area contributed by atoms with Crippen LogP contribution in [0.5, 0.6) is 0 Å². The molecule has 0 amide bonds. The van der Waals surface area contributed by atoms with Gasteiger partial charge in [0, 0.05) is 12.0 Å². The summed E-state index contributed by atoms with van der Waals surface area (Å²) in [7, 11) is 1.27. The summed E-state index contributed by atoms with van der Waals surface area (Å²) in [6.45, 7) is 5.31. The predicted molar refractivity (Wildman–Crippen MR) is 82.0 cm³/mol. The van der Waals surface area contributed by atoms with Gasteiger partial charge in [0.15, 0.2) is 5.89 Å². The van der Waals surface area contributed by atoms with Gasteiger partial charge in [-0.3, -0.25) is 4.79 Å². The number of nitrogens with zero attached hydrogens (tertiary/aromatic N) is 1. The second-order valence-corrected chi connectivity index (χ2v) is 5.28. The highest BCUT2D eigenvalue weighted by molar-refractivity contribution is 5.71. The number of methoxy groups -OCH3 is 1. The Balaban J connectivity index is 2.34. The number of rotatable bonds is 5. The van der Waals surface area contributed by atoms with Crippen molar-refractivity contribution in [3.63, 3.8) is 0 Å². The second-order valence-electron chi connectivity index (χ2n) is 5.28. The van der Waals surface area contributed by atoms with Crippen LogP contribution in [0.3, 0.4) is 0 Å². The molecule has 24 heavy (non-hydrogen) atoms. The third-order valence-corrected chi connectivity index (χ3v) is 3.37. The standard InChI is InChI=1S/C17H16F3NO3/c1-10(2)11-6-12(8-13(7-11)17(18,19)20)14-9-24-15(21-14)4-5-16(22)23-3/h6-9H,1,4-5H2,2-3H3. The van der Waals surface area contributed by atoms with Crippen molar-refractivity contribution in [1.29, 1.82) is 0 Å². The summed E-state index contributed by atoms with van der Waals surface area (Å²) >= 11 is 0. The van der Waals surface area contributed by atoms with Gasteiger partial charge in [-0.25, -0.2) is 4.98 Å². The van der Waals surface area contributed by atoms with Gasteiger partial charge in [-0.2, -0.15) is 13.2 Å². The number of carbonyl (C=O) groups is 1. The first-order valence-electron chi connectivity index (χ1n) is 7.10. The summed E-state index contributed by atoms with van der Waals surface area (Å²) in [5, 5.41) is 0. The van der Waals surface area contributed by atoms with Gasteiger partial charge in [0.1, 0.15) is 12.0 Å². The van der Waals surface area contributed by atoms with Crippen LogP contribution in [0.4, 0.5) is 13.2 Å². The summed E-state index contributed by atoms with van der Waals surface area (Å²) in [6, 6.07) is 3.62. The van der Waals surface area contributed by atoms with Gasteiger partial charge < -0.3 is 9.15 Å². The Morgan fingerprint density at radius 3 is 2.62 bits per heavy atom. The molecule has 1 heterocycles. The maximum absolute atomic E-state index is 13.1. The summed E-state index contributed by atoms with van der Waals surface area (Å²) in [4.78, 5) is 15.2. The molecule has 0 aliphatic rings. The van der Waals surface area contributed by atoms with Crippen molar-refractivity contribution in [2.45, 2.75) is 25.9 Å². The van der Waals surface area contributed by atoms with Crippen molar-refractivity contribution in [2.24, 2.45) is 0 Å². The van der Waals surface area contributed by atoms with Crippen LogP contribution in [-0.2, 0) is 22.1 Å². The molecule has 128 valence electrons. The molecule has 7 heteroatoms. The first-order chi connectivity index (χ1) is 11.2. The first kappa shape index (κ1) is 17.8. The number of alkyl halides is 3. The average Bonchev–Trinajstić information content (AvgIpc) is 3.00. The highest BCUT2D eigenvalue weighted by atomic mass is 19.4. The molecule has 2 rings (SSSR count). The maximum atomic E-state index is 13.1. The van der Waals surface area contributed by atoms with E-state index in [0.29, 0.717) is 11.1 Å². The Kier molecular flexibility index (Phi) is 5.11. The molecular weight excluding hydrogens is 323 g/mol. The predicted octanol–water partition coefficient (Wildman–Crippen LogP) is 4.50. The SMILES string of the molecule is C=C(C)c1cc(-c2coc(CCC(=O)OC)n2)cc(C(F)(F)F)c1. The largest absolute Gasteiger partial charge is 0.469 e. The number of esters is 1. The number of benzene rings is 1. The Morgan fingerprint density at radius 1 is 1.33 bits per heavy atom. The molecule has 0 saturated heterocycles. The van der Waals surface area contributed by atoms with Crippen LogP contribution >= 0.6 is 0 Å². The van der Waals surface area contributed by atoms with Crippen LogP contribution in [-0.4, -0.2) is 18.1 Å². The van der Waals surface area contributed by atoms with E-state index in [0.717, 1.165) is 12.1 Å². The third kappa shape index (κ3) is 4.24. The van der Waals surface area contributed by atoms with Gasteiger partial charge in [0.05, 0.1) is 19.1 Å². The monoisotopic (exact) mass is 339 g/mol. The molecule has 0 atom stereocenters. The van der Waals surface area contributed by atoms with E-state index >= 15 is 0 Å². The Hall–Kier alpha value is -2.57. The van der Waals surface area contributed by atoms with Gasteiger partial charge in [0.2, 0.25) is 0 Å². The number of aromatic nitrogens is 1. The van der Waals surface area contributed by atoms with E-state index in [1.807, 2.05) is 0 Å². The minimum atomic E-state index is -4.47. The normalized spacial score (nSPS) is 11.4. The molecule has 4 nitrogen and oxygen atoms in total. The summed E-state index contributed by atoms with van der Waals surface area (Å²) in [5.41, 5.74) is 0.646. The summed E-state index contributed by atoms with van der Waals surface area (Å²) < 4.78 is 48.9. The molecule has 0 saturated carbocycles.